The molecule has 182 valence electrons. The van der Waals surface area contributed by atoms with Gasteiger partial charge in [0.05, 0.1) is 23.4 Å². The van der Waals surface area contributed by atoms with Crippen molar-refractivity contribution in [2.75, 3.05) is 0 Å². The Labute approximate surface area is 203 Å². The second kappa shape index (κ2) is 9.49. The smallest absolute Gasteiger partial charge is 0.225 e. The van der Waals surface area contributed by atoms with Crippen LogP contribution in [0.4, 0.5) is 8.78 Å². The third kappa shape index (κ3) is 5.34. The van der Waals surface area contributed by atoms with Crippen molar-refractivity contribution in [3.63, 3.8) is 0 Å². The Morgan fingerprint density at radius 3 is 2.40 bits per heavy atom. The van der Waals surface area contributed by atoms with Gasteiger partial charge in [0, 0.05) is 10.8 Å². The first-order chi connectivity index (χ1) is 16.5. The van der Waals surface area contributed by atoms with Gasteiger partial charge in [0.2, 0.25) is 5.91 Å². The fourth-order valence-corrected chi connectivity index (χ4v) is 3.76. The Balaban J connectivity index is 1.66. The van der Waals surface area contributed by atoms with Crippen molar-refractivity contribution >= 4 is 16.8 Å². The Morgan fingerprint density at radius 2 is 1.74 bits per heavy atom. The summed E-state index contributed by atoms with van der Waals surface area (Å²) >= 11 is 0. The number of nitrogens with zero attached hydrogens (tertiary/aromatic N) is 2. The molecular formula is C28H29F2N3O2. The molecule has 0 saturated carbocycles. The molecule has 1 heterocycles. The third-order valence-corrected chi connectivity index (χ3v) is 5.89. The lowest BCUT2D eigenvalue weighted by atomic mass is 9.94. The zero-order valence-electron chi connectivity index (χ0n) is 20.5. The van der Waals surface area contributed by atoms with Crippen LogP contribution in [0.15, 0.2) is 66.9 Å². The van der Waals surface area contributed by atoms with Gasteiger partial charge in [0.25, 0.3) is 0 Å². The number of halogens is 2. The Hall–Kier alpha value is -3.74. The molecule has 0 spiro atoms. The Kier molecular flexibility index (Phi) is 6.61. The van der Waals surface area contributed by atoms with Gasteiger partial charge in [0.1, 0.15) is 23.5 Å². The SMILES string of the molecule is Cc1ccc(C(Oc2ccc3c(cnn3-c3ccc(F)cc3)c2)C(C)NC(=O)C(C)(C)C)cc1F. The Morgan fingerprint density at radius 1 is 1.03 bits per heavy atom. The van der Waals surface area contributed by atoms with Crippen LogP contribution in [-0.2, 0) is 4.79 Å². The monoisotopic (exact) mass is 477 g/mol. The van der Waals surface area contributed by atoms with Crippen LogP contribution in [0.3, 0.4) is 0 Å². The summed E-state index contributed by atoms with van der Waals surface area (Å²) in [5.41, 5.74) is 2.15. The maximum Gasteiger partial charge on any atom is 0.225 e. The maximum absolute atomic E-state index is 14.4. The summed E-state index contributed by atoms with van der Waals surface area (Å²) in [4.78, 5) is 12.6. The molecule has 1 amide bonds. The molecule has 4 rings (SSSR count). The summed E-state index contributed by atoms with van der Waals surface area (Å²) in [5.74, 6) is -0.213. The molecule has 0 aliphatic heterocycles. The van der Waals surface area contributed by atoms with E-state index in [2.05, 4.69) is 10.4 Å². The van der Waals surface area contributed by atoms with Gasteiger partial charge in [-0.05, 0) is 73.5 Å². The molecule has 1 aromatic heterocycles. The number of nitrogens with one attached hydrogen (secondary N) is 1. The first-order valence-corrected chi connectivity index (χ1v) is 11.5. The summed E-state index contributed by atoms with van der Waals surface area (Å²) in [6, 6.07) is 16.2. The molecular weight excluding hydrogens is 448 g/mol. The van der Waals surface area contributed by atoms with Gasteiger partial charge in [0.15, 0.2) is 0 Å². The predicted molar refractivity (Wildman–Crippen MR) is 133 cm³/mol. The summed E-state index contributed by atoms with van der Waals surface area (Å²) in [6.07, 6.45) is 1.08. The third-order valence-electron chi connectivity index (χ3n) is 5.89. The molecule has 3 aromatic carbocycles. The number of fused-ring (bicyclic) bond motifs is 1. The number of carbonyl (C=O) groups excluding carboxylic acids is 1. The van der Waals surface area contributed by atoms with E-state index < -0.39 is 17.6 Å². The van der Waals surface area contributed by atoms with Gasteiger partial charge in [-0.1, -0.05) is 32.9 Å². The molecule has 4 aromatic rings. The molecule has 0 aliphatic rings. The largest absolute Gasteiger partial charge is 0.484 e. The fourth-order valence-electron chi connectivity index (χ4n) is 3.76. The van der Waals surface area contributed by atoms with E-state index in [1.54, 1.807) is 42.1 Å². The van der Waals surface area contributed by atoms with Gasteiger partial charge in [-0.15, -0.1) is 0 Å². The number of amides is 1. The molecule has 0 fully saturated rings. The number of carbonyl (C=O) groups is 1. The summed E-state index contributed by atoms with van der Waals surface area (Å²) in [5, 5.41) is 8.26. The first kappa shape index (κ1) is 24.4. The molecule has 5 nitrogen and oxygen atoms in total. The van der Waals surface area contributed by atoms with E-state index in [9.17, 15) is 13.6 Å². The minimum Gasteiger partial charge on any atom is -0.484 e. The van der Waals surface area contributed by atoms with E-state index in [0.717, 1.165) is 16.6 Å². The number of hydrogen-bond donors (Lipinski definition) is 1. The van der Waals surface area contributed by atoms with E-state index >= 15 is 0 Å². The van der Waals surface area contributed by atoms with Crippen LogP contribution >= 0.6 is 0 Å². The highest BCUT2D eigenvalue weighted by atomic mass is 19.1. The number of benzene rings is 3. The molecule has 2 atom stereocenters. The lowest BCUT2D eigenvalue weighted by Gasteiger charge is -2.29. The molecule has 2 unspecified atom stereocenters. The number of aryl methyl sites for hydroxylation is 1. The number of ether oxygens (including phenoxy) is 1. The van der Waals surface area contributed by atoms with Crippen LogP contribution in [0.2, 0.25) is 0 Å². The fraction of sp³-hybridized carbons (Fsp3) is 0.286. The van der Waals surface area contributed by atoms with Crippen LogP contribution in [0.5, 0.6) is 5.75 Å². The maximum atomic E-state index is 14.4. The van der Waals surface area contributed by atoms with Crippen LogP contribution < -0.4 is 10.1 Å². The molecule has 1 N–H and O–H groups in total. The number of rotatable bonds is 6. The van der Waals surface area contributed by atoms with Crippen LogP contribution in [0.25, 0.3) is 16.6 Å². The van der Waals surface area contributed by atoms with Gasteiger partial charge in [-0.25, -0.2) is 13.5 Å². The highest BCUT2D eigenvalue weighted by Crippen LogP contribution is 2.30. The van der Waals surface area contributed by atoms with Crippen molar-refractivity contribution in [3.8, 4) is 11.4 Å². The van der Waals surface area contributed by atoms with Crippen LogP contribution in [0, 0.1) is 24.0 Å². The second-order valence-electron chi connectivity index (χ2n) is 9.81. The summed E-state index contributed by atoms with van der Waals surface area (Å²) < 4.78 is 35.8. The van der Waals surface area contributed by atoms with Crippen molar-refractivity contribution in [1.82, 2.24) is 15.1 Å². The van der Waals surface area contributed by atoms with Gasteiger partial charge in [-0.2, -0.15) is 5.10 Å². The van der Waals surface area contributed by atoms with Crippen molar-refractivity contribution in [3.05, 3.63) is 89.6 Å². The van der Waals surface area contributed by atoms with Crippen molar-refractivity contribution < 1.29 is 18.3 Å². The zero-order valence-corrected chi connectivity index (χ0v) is 20.5. The van der Waals surface area contributed by atoms with E-state index in [4.69, 9.17) is 4.74 Å². The Bertz CT molecular complexity index is 1360. The number of hydrogen-bond acceptors (Lipinski definition) is 3. The van der Waals surface area contributed by atoms with E-state index in [1.807, 2.05) is 45.9 Å². The summed E-state index contributed by atoms with van der Waals surface area (Å²) in [7, 11) is 0. The number of aromatic nitrogens is 2. The molecule has 0 saturated heterocycles. The standard InChI is InChI=1S/C28H29F2N3O2/c1-17-6-7-19(15-24(17)30)26(18(2)32-27(34)28(3,4)5)35-23-12-13-25-20(14-23)16-31-33(25)22-10-8-21(29)9-11-22/h6-16,18,26H,1-5H3,(H,32,34). The van der Waals surface area contributed by atoms with Crippen molar-refractivity contribution in [2.24, 2.45) is 5.41 Å². The molecule has 7 heteroatoms. The van der Waals surface area contributed by atoms with Gasteiger partial charge >= 0.3 is 0 Å². The average Bonchev–Trinajstić information content (AvgIpc) is 3.22. The first-order valence-electron chi connectivity index (χ1n) is 11.5. The molecule has 0 bridgehead atoms. The lowest BCUT2D eigenvalue weighted by Crippen LogP contribution is -2.44. The van der Waals surface area contributed by atoms with Crippen LogP contribution in [-0.4, -0.2) is 21.7 Å². The second-order valence-corrected chi connectivity index (χ2v) is 9.81. The molecule has 35 heavy (non-hydrogen) atoms. The van der Waals surface area contributed by atoms with E-state index in [0.29, 0.717) is 16.9 Å². The topological polar surface area (TPSA) is 56.1 Å². The zero-order chi connectivity index (χ0) is 25.3. The van der Waals surface area contributed by atoms with Gasteiger partial charge < -0.3 is 10.1 Å². The lowest BCUT2D eigenvalue weighted by molar-refractivity contribution is -0.129. The highest BCUT2D eigenvalue weighted by molar-refractivity contribution is 5.82. The molecule has 0 radical (unpaired) electrons. The van der Waals surface area contributed by atoms with Crippen LogP contribution in [0.1, 0.15) is 44.9 Å². The van der Waals surface area contributed by atoms with E-state index in [-0.39, 0.29) is 17.5 Å². The van der Waals surface area contributed by atoms with Gasteiger partial charge in [-0.3, -0.25) is 4.79 Å². The summed E-state index contributed by atoms with van der Waals surface area (Å²) in [6.45, 7) is 9.05. The van der Waals surface area contributed by atoms with Crippen molar-refractivity contribution in [2.45, 2.75) is 46.8 Å². The van der Waals surface area contributed by atoms with E-state index in [1.165, 1.54) is 18.2 Å². The van der Waals surface area contributed by atoms with Crippen molar-refractivity contribution in [1.29, 1.82) is 0 Å². The quantitative estimate of drug-likeness (QED) is 0.355. The minimum atomic E-state index is -0.624. The highest BCUT2D eigenvalue weighted by Gasteiger charge is 2.28. The average molecular weight is 478 g/mol. The normalized spacial score (nSPS) is 13.5. The molecule has 0 aliphatic carbocycles. The predicted octanol–water partition coefficient (Wildman–Crippen LogP) is 6.28. The minimum absolute atomic E-state index is 0.123.